The lowest BCUT2D eigenvalue weighted by Crippen LogP contribution is -2.31. The van der Waals surface area contributed by atoms with Crippen molar-refractivity contribution in [2.75, 3.05) is 0 Å². The van der Waals surface area contributed by atoms with E-state index >= 15 is 0 Å². The SMILES string of the molecule is O=C1C[C@H](c2cc3cccc4c3n(c2=O)CCC4)c2c(ccc3c(=O)c(-c4ccc(O)cc4)coc23)O1. The van der Waals surface area contributed by atoms with Crippen molar-refractivity contribution < 1.29 is 19.1 Å². The number of esters is 1. The number of aromatic nitrogens is 1. The summed E-state index contributed by atoms with van der Waals surface area (Å²) in [4.78, 5) is 39.9. The van der Waals surface area contributed by atoms with E-state index in [9.17, 15) is 19.5 Å². The smallest absolute Gasteiger partial charge is 0.312 e. The molecule has 7 nitrogen and oxygen atoms in total. The highest BCUT2D eigenvalue weighted by atomic mass is 16.5. The molecular formula is C30H21NO6. The molecular weight excluding hydrogens is 470 g/mol. The zero-order chi connectivity index (χ0) is 25.3. The van der Waals surface area contributed by atoms with Crippen LogP contribution in [0.15, 0.2) is 80.9 Å². The van der Waals surface area contributed by atoms with E-state index in [4.69, 9.17) is 9.15 Å². The Balaban J connectivity index is 1.48. The fourth-order valence-corrected chi connectivity index (χ4v) is 5.80. The van der Waals surface area contributed by atoms with Crippen LogP contribution in [0.25, 0.3) is 33.0 Å². The normalized spacial score (nSPS) is 16.5. The summed E-state index contributed by atoms with van der Waals surface area (Å²) < 4.78 is 13.4. The number of benzene rings is 3. The summed E-state index contributed by atoms with van der Waals surface area (Å²) in [5.41, 5.74) is 3.99. The van der Waals surface area contributed by atoms with E-state index in [1.54, 1.807) is 24.3 Å². The Morgan fingerprint density at radius 3 is 2.65 bits per heavy atom. The molecule has 5 aromatic rings. The number of phenols is 1. The van der Waals surface area contributed by atoms with E-state index in [2.05, 4.69) is 6.07 Å². The third-order valence-electron chi connectivity index (χ3n) is 7.49. The van der Waals surface area contributed by atoms with Gasteiger partial charge >= 0.3 is 5.97 Å². The minimum atomic E-state index is -0.617. The van der Waals surface area contributed by atoms with Gasteiger partial charge in [0.15, 0.2) is 0 Å². The highest BCUT2D eigenvalue weighted by molar-refractivity contribution is 5.91. The Labute approximate surface area is 210 Å². The van der Waals surface area contributed by atoms with Gasteiger partial charge in [0.25, 0.3) is 5.56 Å². The third kappa shape index (κ3) is 3.24. The Bertz CT molecular complexity index is 1880. The number of para-hydroxylation sites is 1. The van der Waals surface area contributed by atoms with Crippen molar-refractivity contribution in [3.05, 3.63) is 104 Å². The molecule has 4 heterocycles. The summed E-state index contributed by atoms with van der Waals surface area (Å²) >= 11 is 0. The Kier molecular flexibility index (Phi) is 4.63. The topological polar surface area (TPSA) is 98.7 Å². The van der Waals surface area contributed by atoms with E-state index < -0.39 is 11.9 Å². The fourth-order valence-electron chi connectivity index (χ4n) is 5.80. The molecule has 0 spiro atoms. The zero-order valence-corrected chi connectivity index (χ0v) is 19.7. The van der Waals surface area contributed by atoms with E-state index in [-0.39, 0.29) is 23.2 Å². The number of hydrogen-bond acceptors (Lipinski definition) is 6. The van der Waals surface area contributed by atoms with Crippen LogP contribution in [0.3, 0.4) is 0 Å². The van der Waals surface area contributed by atoms with Crippen LogP contribution in [-0.4, -0.2) is 15.6 Å². The zero-order valence-electron chi connectivity index (χ0n) is 19.7. The number of phenolic OH excluding ortho intramolecular Hbond substituents is 1. The first kappa shape index (κ1) is 21.6. The molecule has 3 aromatic carbocycles. The molecule has 2 aliphatic rings. The van der Waals surface area contributed by atoms with Crippen LogP contribution in [0.1, 0.15) is 35.4 Å². The first-order chi connectivity index (χ1) is 18.0. The number of nitrogens with zero attached hydrogens (tertiary/aromatic N) is 1. The van der Waals surface area contributed by atoms with Crippen LogP contribution >= 0.6 is 0 Å². The van der Waals surface area contributed by atoms with Crippen LogP contribution in [0, 0.1) is 0 Å². The molecule has 0 fully saturated rings. The number of hydrogen-bond donors (Lipinski definition) is 1. The number of rotatable bonds is 2. The predicted molar refractivity (Wildman–Crippen MR) is 138 cm³/mol. The van der Waals surface area contributed by atoms with Gasteiger partial charge in [0.2, 0.25) is 5.43 Å². The number of fused-ring (bicyclic) bond motifs is 3. The van der Waals surface area contributed by atoms with Crippen LogP contribution < -0.4 is 15.7 Å². The maximum atomic E-state index is 13.8. The Hall–Kier alpha value is -4.65. The third-order valence-corrected chi connectivity index (χ3v) is 7.49. The number of aromatic hydroxyl groups is 1. The highest BCUT2D eigenvalue weighted by Crippen LogP contribution is 2.43. The molecule has 0 aliphatic carbocycles. The maximum Gasteiger partial charge on any atom is 0.312 e. The molecule has 7 rings (SSSR count). The van der Waals surface area contributed by atoms with E-state index in [0.717, 1.165) is 29.3 Å². The summed E-state index contributed by atoms with van der Waals surface area (Å²) in [6.45, 7) is 0.616. The van der Waals surface area contributed by atoms with Gasteiger partial charge in [0, 0.05) is 23.6 Å². The first-order valence-electron chi connectivity index (χ1n) is 12.2. The average Bonchev–Trinajstić information content (AvgIpc) is 2.91. The van der Waals surface area contributed by atoms with Crippen molar-refractivity contribution in [2.45, 2.75) is 31.7 Å². The van der Waals surface area contributed by atoms with Gasteiger partial charge < -0.3 is 18.8 Å². The molecule has 2 aliphatic heterocycles. The number of carbonyl (C=O) groups excluding carboxylic acids is 1. The molecule has 0 saturated heterocycles. The molecule has 0 bridgehead atoms. The molecule has 0 amide bonds. The molecule has 7 heteroatoms. The van der Waals surface area contributed by atoms with E-state index in [1.807, 2.05) is 22.8 Å². The minimum Gasteiger partial charge on any atom is -0.508 e. The lowest BCUT2D eigenvalue weighted by Gasteiger charge is -2.27. The Morgan fingerprint density at radius 1 is 0.973 bits per heavy atom. The van der Waals surface area contributed by atoms with Crippen molar-refractivity contribution in [3.63, 3.8) is 0 Å². The standard InChI is InChI=1S/C30H21NO6/c32-19-8-6-16(7-9-19)23-15-36-29-20(28(23)34)10-11-24-26(29)21(14-25(33)37-24)22-13-18-4-1-3-17-5-2-12-31(27(17)18)30(22)35/h1,3-4,6-11,13,15,21,32H,2,5,12,14H2/t21-/m1/s1. The lowest BCUT2D eigenvalue weighted by atomic mass is 9.84. The van der Waals surface area contributed by atoms with Crippen LogP contribution in [0.4, 0.5) is 0 Å². The highest BCUT2D eigenvalue weighted by Gasteiger charge is 2.34. The summed E-state index contributed by atoms with van der Waals surface area (Å²) in [5.74, 6) is -0.665. The second-order valence-corrected chi connectivity index (χ2v) is 9.63. The van der Waals surface area contributed by atoms with Gasteiger partial charge in [-0.05, 0) is 59.7 Å². The average molecular weight is 491 g/mol. The van der Waals surface area contributed by atoms with Gasteiger partial charge in [-0.15, -0.1) is 0 Å². The minimum absolute atomic E-state index is 0.0318. The molecule has 0 saturated carbocycles. The summed E-state index contributed by atoms with van der Waals surface area (Å²) in [6, 6.07) is 17.4. The largest absolute Gasteiger partial charge is 0.508 e. The number of aryl methyl sites for hydroxylation is 2. The van der Waals surface area contributed by atoms with Crippen molar-refractivity contribution in [1.82, 2.24) is 4.57 Å². The van der Waals surface area contributed by atoms with Crippen molar-refractivity contribution in [3.8, 4) is 22.6 Å². The fraction of sp³-hybridized carbons (Fsp3) is 0.167. The summed E-state index contributed by atoms with van der Waals surface area (Å²) in [5, 5.41) is 10.9. The van der Waals surface area contributed by atoms with Crippen molar-refractivity contribution >= 4 is 27.8 Å². The lowest BCUT2D eigenvalue weighted by molar-refractivity contribution is -0.135. The molecule has 1 N–H and O–H groups in total. The van der Waals surface area contributed by atoms with Crippen molar-refractivity contribution in [2.24, 2.45) is 0 Å². The maximum absolute atomic E-state index is 13.8. The summed E-state index contributed by atoms with van der Waals surface area (Å²) in [7, 11) is 0. The van der Waals surface area contributed by atoms with Gasteiger partial charge in [-0.1, -0.05) is 30.3 Å². The van der Waals surface area contributed by atoms with Gasteiger partial charge in [-0.3, -0.25) is 14.4 Å². The second-order valence-electron chi connectivity index (χ2n) is 9.63. The quantitative estimate of drug-likeness (QED) is 0.280. The Morgan fingerprint density at radius 2 is 1.81 bits per heavy atom. The monoisotopic (exact) mass is 491 g/mol. The second kappa shape index (κ2) is 7.93. The molecule has 37 heavy (non-hydrogen) atoms. The summed E-state index contributed by atoms with van der Waals surface area (Å²) in [6.07, 6.45) is 3.15. The molecule has 0 radical (unpaired) electrons. The van der Waals surface area contributed by atoms with Gasteiger partial charge in [-0.2, -0.15) is 0 Å². The number of pyridine rings is 1. The number of carbonyl (C=O) groups is 1. The van der Waals surface area contributed by atoms with Crippen molar-refractivity contribution in [1.29, 1.82) is 0 Å². The van der Waals surface area contributed by atoms with Crippen LogP contribution in [-0.2, 0) is 17.8 Å². The van der Waals surface area contributed by atoms with Gasteiger partial charge in [0.1, 0.15) is 23.3 Å². The molecule has 182 valence electrons. The van der Waals surface area contributed by atoms with E-state index in [0.29, 0.717) is 45.5 Å². The molecule has 0 unspecified atom stereocenters. The van der Waals surface area contributed by atoms with Gasteiger partial charge in [-0.25, -0.2) is 0 Å². The van der Waals surface area contributed by atoms with Crippen LogP contribution in [0.2, 0.25) is 0 Å². The number of ether oxygens (including phenoxy) is 1. The molecule has 1 atom stereocenters. The predicted octanol–water partition coefficient (Wildman–Crippen LogP) is 4.87. The van der Waals surface area contributed by atoms with Gasteiger partial charge in [0.05, 0.1) is 22.9 Å². The van der Waals surface area contributed by atoms with Crippen LogP contribution in [0.5, 0.6) is 11.5 Å². The first-order valence-corrected chi connectivity index (χ1v) is 12.2. The van der Waals surface area contributed by atoms with E-state index in [1.165, 1.54) is 18.4 Å². The molecule has 2 aromatic heterocycles.